The smallest absolute Gasteiger partial charge is 0.181 e. The molecule has 0 aliphatic carbocycles. The highest BCUT2D eigenvalue weighted by Crippen LogP contribution is 2.25. The van der Waals surface area contributed by atoms with Crippen LogP contribution in [0.3, 0.4) is 0 Å². The zero-order chi connectivity index (χ0) is 13.1. The van der Waals surface area contributed by atoms with Gasteiger partial charge in [-0.1, -0.05) is 26.0 Å². The molecule has 4 heteroatoms. The van der Waals surface area contributed by atoms with Gasteiger partial charge in [-0.2, -0.15) is 5.10 Å². The molecule has 0 atom stereocenters. The summed E-state index contributed by atoms with van der Waals surface area (Å²) in [6.45, 7) is 7.04. The SMILES string of the molecule is Cc1ccc(C(C)C)cc1-c1n[nH]c(CCN)n1. The maximum Gasteiger partial charge on any atom is 0.181 e. The first kappa shape index (κ1) is 12.8. The molecule has 0 bridgehead atoms. The first-order valence-electron chi connectivity index (χ1n) is 6.34. The van der Waals surface area contributed by atoms with Crippen molar-refractivity contribution in [1.82, 2.24) is 15.2 Å². The molecule has 0 aliphatic heterocycles. The molecular formula is C14H20N4. The second-order valence-electron chi connectivity index (χ2n) is 4.87. The molecule has 2 aromatic rings. The van der Waals surface area contributed by atoms with E-state index in [2.05, 4.69) is 54.2 Å². The Balaban J connectivity index is 2.38. The molecule has 0 saturated carbocycles. The van der Waals surface area contributed by atoms with Gasteiger partial charge in [0, 0.05) is 12.0 Å². The van der Waals surface area contributed by atoms with E-state index in [1.807, 2.05) is 0 Å². The van der Waals surface area contributed by atoms with E-state index in [9.17, 15) is 0 Å². The van der Waals surface area contributed by atoms with Crippen LogP contribution in [0, 0.1) is 6.92 Å². The van der Waals surface area contributed by atoms with Gasteiger partial charge in [-0.25, -0.2) is 4.98 Å². The van der Waals surface area contributed by atoms with Crippen LogP contribution in [0.25, 0.3) is 11.4 Å². The molecule has 1 aromatic carbocycles. The van der Waals surface area contributed by atoms with E-state index in [1.165, 1.54) is 11.1 Å². The fourth-order valence-electron chi connectivity index (χ4n) is 1.90. The van der Waals surface area contributed by atoms with Crippen LogP contribution < -0.4 is 5.73 Å². The van der Waals surface area contributed by atoms with Crippen LogP contribution in [0.15, 0.2) is 18.2 Å². The minimum absolute atomic E-state index is 0.506. The maximum absolute atomic E-state index is 5.51. The van der Waals surface area contributed by atoms with Crippen LogP contribution in [0.1, 0.15) is 36.7 Å². The summed E-state index contributed by atoms with van der Waals surface area (Å²) in [6.07, 6.45) is 0.732. The van der Waals surface area contributed by atoms with Crippen LogP contribution in [0.5, 0.6) is 0 Å². The van der Waals surface area contributed by atoms with Crippen molar-refractivity contribution in [1.29, 1.82) is 0 Å². The van der Waals surface area contributed by atoms with Gasteiger partial charge >= 0.3 is 0 Å². The number of nitrogens with zero attached hydrogens (tertiary/aromatic N) is 2. The zero-order valence-corrected chi connectivity index (χ0v) is 11.2. The average Bonchev–Trinajstić information content (AvgIpc) is 2.78. The van der Waals surface area contributed by atoms with Crippen LogP contribution in [0.2, 0.25) is 0 Å². The van der Waals surface area contributed by atoms with Gasteiger partial charge in [0.05, 0.1) is 0 Å². The van der Waals surface area contributed by atoms with Crippen LogP contribution in [0.4, 0.5) is 0 Å². The number of aromatic amines is 1. The first-order chi connectivity index (χ1) is 8.61. The first-order valence-corrected chi connectivity index (χ1v) is 6.34. The highest BCUT2D eigenvalue weighted by molar-refractivity contribution is 5.61. The predicted octanol–water partition coefficient (Wildman–Crippen LogP) is 2.40. The fraction of sp³-hybridized carbons (Fsp3) is 0.429. The van der Waals surface area contributed by atoms with Gasteiger partial charge in [-0.15, -0.1) is 0 Å². The predicted molar refractivity (Wildman–Crippen MR) is 73.4 cm³/mol. The quantitative estimate of drug-likeness (QED) is 0.867. The fourth-order valence-corrected chi connectivity index (χ4v) is 1.90. The lowest BCUT2D eigenvalue weighted by atomic mass is 9.97. The molecule has 0 aliphatic rings. The third kappa shape index (κ3) is 2.59. The Morgan fingerprint density at radius 1 is 1.33 bits per heavy atom. The van der Waals surface area contributed by atoms with Crippen molar-refractivity contribution >= 4 is 0 Å². The Bertz CT molecular complexity index is 528. The molecule has 4 nitrogen and oxygen atoms in total. The number of aromatic nitrogens is 3. The summed E-state index contributed by atoms with van der Waals surface area (Å²) < 4.78 is 0. The lowest BCUT2D eigenvalue weighted by Gasteiger charge is -2.08. The molecule has 2 rings (SSSR count). The summed E-state index contributed by atoms with van der Waals surface area (Å²) in [5, 5.41) is 7.21. The standard InChI is InChI=1S/C14H20N4/c1-9(2)11-5-4-10(3)12(8-11)14-16-13(6-7-15)17-18-14/h4-5,8-9H,6-7,15H2,1-3H3,(H,16,17,18). The van der Waals surface area contributed by atoms with Crippen molar-refractivity contribution < 1.29 is 0 Å². The Morgan fingerprint density at radius 3 is 2.78 bits per heavy atom. The van der Waals surface area contributed by atoms with Gasteiger partial charge in [0.25, 0.3) is 0 Å². The number of benzene rings is 1. The van der Waals surface area contributed by atoms with Crippen molar-refractivity contribution in [3.63, 3.8) is 0 Å². The van der Waals surface area contributed by atoms with Crippen molar-refractivity contribution in [3.8, 4) is 11.4 Å². The third-order valence-corrected chi connectivity index (χ3v) is 3.08. The van der Waals surface area contributed by atoms with Crippen LogP contribution in [-0.4, -0.2) is 21.7 Å². The van der Waals surface area contributed by atoms with E-state index in [-0.39, 0.29) is 0 Å². The molecule has 0 saturated heterocycles. The molecule has 0 radical (unpaired) electrons. The van der Waals surface area contributed by atoms with E-state index < -0.39 is 0 Å². The van der Waals surface area contributed by atoms with Gasteiger partial charge in [0.1, 0.15) is 5.82 Å². The number of nitrogens with one attached hydrogen (secondary N) is 1. The molecule has 18 heavy (non-hydrogen) atoms. The Kier molecular flexibility index (Phi) is 3.77. The Labute approximate surface area is 108 Å². The number of aryl methyl sites for hydroxylation is 1. The van der Waals surface area contributed by atoms with Gasteiger partial charge in [0.2, 0.25) is 0 Å². The van der Waals surface area contributed by atoms with Gasteiger partial charge in [-0.3, -0.25) is 5.10 Å². The summed E-state index contributed by atoms with van der Waals surface area (Å²) in [4.78, 5) is 4.48. The summed E-state index contributed by atoms with van der Waals surface area (Å²) in [5.74, 6) is 2.12. The molecule has 0 amide bonds. The monoisotopic (exact) mass is 244 g/mol. The third-order valence-electron chi connectivity index (χ3n) is 3.08. The van der Waals surface area contributed by atoms with Crippen LogP contribution in [-0.2, 0) is 6.42 Å². The van der Waals surface area contributed by atoms with E-state index in [0.29, 0.717) is 12.5 Å². The second kappa shape index (κ2) is 5.31. The van der Waals surface area contributed by atoms with Gasteiger partial charge < -0.3 is 5.73 Å². The molecule has 1 aromatic heterocycles. The van der Waals surface area contributed by atoms with Crippen LogP contribution >= 0.6 is 0 Å². The molecule has 0 spiro atoms. The number of rotatable bonds is 4. The van der Waals surface area contributed by atoms with E-state index in [1.54, 1.807) is 0 Å². The molecule has 0 fully saturated rings. The number of H-pyrrole nitrogens is 1. The Morgan fingerprint density at radius 2 is 2.11 bits per heavy atom. The summed E-state index contributed by atoms with van der Waals surface area (Å²) in [6, 6.07) is 6.47. The molecule has 96 valence electrons. The number of nitrogens with two attached hydrogens (primary N) is 1. The van der Waals surface area contributed by atoms with Crippen molar-refractivity contribution in [2.45, 2.75) is 33.1 Å². The molecule has 3 N–H and O–H groups in total. The topological polar surface area (TPSA) is 67.6 Å². The summed E-state index contributed by atoms with van der Waals surface area (Å²) >= 11 is 0. The maximum atomic E-state index is 5.51. The molecule has 0 unspecified atom stereocenters. The number of hydrogen-bond donors (Lipinski definition) is 2. The van der Waals surface area contributed by atoms with E-state index in [0.717, 1.165) is 23.6 Å². The van der Waals surface area contributed by atoms with E-state index >= 15 is 0 Å². The van der Waals surface area contributed by atoms with Crippen molar-refractivity contribution in [2.24, 2.45) is 5.73 Å². The minimum atomic E-state index is 0.506. The van der Waals surface area contributed by atoms with Crippen molar-refractivity contribution in [2.75, 3.05) is 6.54 Å². The lowest BCUT2D eigenvalue weighted by Crippen LogP contribution is -2.03. The summed E-state index contributed by atoms with van der Waals surface area (Å²) in [7, 11) is 0. The summed E-state index contributed by atoms with van der Waals surface area (Å²) in [5.41, 5.74) is 9.11. The highest BCUT2D eigenvalue weighted by atomic mass is 15.2. The van der Waals surface area contributed by atoms with Crippen molar-refractivity contribution in [3.05, 3.63) is 35.2 Å². The van der Waals surface area contributed by atoms with Gasteiger partial charge in [-0.05, 0) is 36.6 Å². The average molecular weight is 244 g/mol. The minimum Gasteiger partial charge on any atom is -0.330 e. The van der Waals surface area contributed by atoms with Gasteiger partial charge in [0.15, 0.2) is 5.82 Å². The number of hydrogen-bond acceptors (Lipinski definition) is 3. The van der Waals surface area contributed by atoms with E-state index in [4.69, 9.17) is 5.73 Å². The highest BCUT2D eigenvalue weighted by Gasteiger charge is 2.10. The lowest BCUT2D eigenvalue weighted by molar-refractivity contribution is 0.866. The zero-order valence-electron chi connectivity index (χ0n) is 11.2. The molecular weight excluding hydrogens is 224 g/mol. The normalized spacial score (nSPS) is 11.2. The Hall–Kier alpha value is -1.68. The second-order valence-corrected chi connectivity index (χ2v) is 4.87. The molecule has 1 heterocycles. The largest absolute Gasteiger partial charge is 0.330 e.